The lowest BCUT2D eigenvalue weighted by molar-refractivity contribution is -0.00117. The predicted octanol–water partition coefficient (Wildman–Crippen LogP) is 2.89. The molecule has 1 unspecified atom stereocenters. The molecule has 0 aliphatic heterocycles. The number of aliphatic hydroxyl groups excluding tert-OH is 1. The van der Waals surface area contributed by atoms with Crippen molar-refractivity contribution in [2.45, 2.75) is 38.4 Å². The zero-order valence-electron chi connectivity index (χ0n) is 9.94. The van der Waals surface area contributed by atoms with Crippen LogP contribution in [0, 0.1) is 11.7 Å². The molecule has 94 valence electrons. The van der Waals surface area contributed by atoms with Gasteiger partial charge in [0.15, 0.2) is 0 Å². The van der Waals surface area contributed by atoms with Crippen LogP contribution < -0.4 is 0 Å². The van der Waals surface area contributed by atoms with Gasteiger partial charge in [-0.25, -0.2) is 4.39 Å². The van der Waals surface area contributed by atoms with Gasteiger partial charge in [-0.1, -0.05) is 31.0 Å². The molecule has 0 amide bonds. The van der Waals surface area contributed by atoms with Gasteiger partial charge < -0.3 is 9.84 Å². The van der Waals surface area contributed by atoms with Crippen molar-refractivity contribution in [3.05, 3.63) is 35.6 Å². The number of aliphatic hydroxyl groups is 1. The largest absolute Gasteiger partial charge is 0.390 e. The van der Waals surface area contributed by atoms with Crippen molar-refractivity contribution in [3.63, 3.8) is 0 Å². The smallest absolute Gasteiger partial charge is 0.128 e. The average Bonchev–Trinajstić information content (AvgIpc) is 2.85. The van der Waals surface area contributed by atoms with E-state index in [0.717, 1.165) is 12.8 Å². The second kappa shape index (κ2) is 6.12. The van der Waals surface area contributed by atoms with Crippen molar-refractivity contribution in [1.82, 2.24) is 0 Å². The molecule has 0 radical (unpaired) electrons. The molecule has 3 heteroatoms. The quantitative estimate of drug-likeness (QED) is 0.854. The maximum Gasteiger partial charge on any atom is 0.128 e. The van der Waals surface area contributed by atoms with Gasteiger partial charge in [0.25, 0.3) is 0 Å². The van der Waals surface area contributed by atoms with E-state index < -0.39 is 6.10 Å². The first-order valence-corrected chi connectivity index (χ1v) is 6.26. The molecule has 0 aromatic heterocycles. The molecular formula is C14H19FO2. The van der Waals surface area contributed by atoms with Gasteiger partial charge in [0, 0.05) is 5.56 Å². The van der Waals surface area contributed by atoms with Gasteiger partial charge in [-0.2, -0.15) is 0 Å². The van der Waals surface area contributed by atoms with Crippen LogP contribution in [0.25, 0.3) is 0 Å². The van der Waals surface area contributed by atoms with Crippen LogP contribution in [0.1, 0.15) is 31.2 Å². The maximum absolute atomic E-state index is 13.3. The summed E-state index contributed by atoms with van der Waals surface area (Å²) in [5, 5.41) is 9.88. The highest BCUT2D eigenvalue weighted by Crippen LogP contribution is 2.27. The number of ether oxygens (including phenoxy) is 1. The summed E-state index contributed by atoms with van der Waals surface area (Å²) in [4.78, 5) is 0. The summed E-state index contributed by atoms with van der Waals surface area (Å²) < 4.78 is 18.7. The standard InChI is InChI=1S/C14H19FO2/c15-13-8-4-3-7-12(13)9-17-10-14(16)11-5-1-2-6-11/h3-4,7-8,11,14,16H,1-2,5-6,9-10H2. The monoisotopic (exact) mass is 238 g/mol. The lowest BCUT2D eigenvalue weighted by Crippen LogP contribution is -2.23. The Labute approximate surface area is 101 Å². The number of hydrogen-bond donors (Lipinski definition) is 1. The Morgan fingerprint density at radius 3 is 2.71 bits per heavy atom. The van der Waals surface area contributed by atoms with Gasteiger partial charge >= 0.3 is 0 Å². The van der Waals surface area contributed by atoms with Gasteiger partial charge in [0.05, 0.1) is 19.3 Å². The number of benzene rings is 1. The molecule has 1 atom stereocenters. The number of hydrogen-bond acceptors (Lipinski definition) is 2. The predicted molar refractivity (Wildman–Crippen MR) is 64.0 cm³/mol. The van der Waals surface area contributed by atoms with Crippen molar-refractivity contribution < 1.29 is 14.2 Å². The molecule has 1 aromatic carbocycles. The van der Waals surface area contributed by atoms with Crippen LogP contribution in [0.3, 0.4) is 0 Å². The van der Waals surface area contributed by atoms with Crippen LogP contribution in [0.2, 0.25) is 0 Å². The summed E-state index contributed by atoms with van der Waals surface area (Å²) in [6, 6.07) is 6.57. The minimum absolute atomic E-state index is 0.233. The molecule has 1 aliphatic carbocycles. The molecule has 17 heavy (non-hydrogen) atoms. The van der Waals surface area contributed by atoms with E-state index in [9.17, 15) is 9.50 Å². The fourth-order valence-corrected chi connectivity index (χ4v) is 2.38. The first kappa shape index (κ1) is 12.5. The lowest BCUT2D eigenvalue weighted by Gasteiger charge is -2.17. The molecule has 2 rings (SSSR count). The molecule has 2 nitrogen and oxygen atoms in total. The summed E-state index contributed by atoms with van der Waals surface area (Å²) in [6.45, 7) is 0.537. The summed E-state index contributed by atoms with van der Waals surface area (Å²) in [6.07, 6.45) is 4.18. The second-order valence-corrected chi connectivity index (χ2v) is 4.72. The van der Waals surface area contributed by atoms with Crippen molar-refractivity contribution in [2.75, 3.05) is 6.61 Å². The molecule has 1 aromatic rings. The van der Waals surface area contributed by atoms with E-state index in [0.29, 0.717) is 18.1 Å². The lowest BCUT2D eigenvalue weighted by atomic mass is 10.0. The zero-order chi connectivity index (χ0) is 12.1. The van der Waals surface area contributed by atoms with E-state index in [1.54, 1.807) is 18.2 Å². The molecular weight excluding hydrogens is 219 g/mol. The van der Waals surface area contributed by atoms with Crippen molar-refractivity contribution in [1.29, 1.82) is 0 Å². The summed E-state index contributed by atoms with van der Waals surface area (Å²) in [5.74, 6) is 0.124. The van der Waals surface area contributed by atoms with Crippen molar-refractivity contribution in [2.24, 2.45) is 5.92 Å². The van der Waals surface area contributed by atoms with E-state index in [2.05, 4.69) is 0 Å². The molecule has 1 fully saturated rings. The van der Waals surface area contributed by atoms with E-state index in [1.165, 1.54) is 18.9 Å². The SMILES string of the molecule is OC(COCc1ccccc1F)C1CCCC1. The molecule has 1 aliphatic rings. The Kier molecular flexibility index (Phi) is 4.51. The Hall–Kier alpha value is -0.930. The minimum atomic E-state index is -0.399. The fourth-order valence-electron chi connectivity index (χ4n) is 2.38. The summed E-state index contributed by atoms with van der Waals surface area (Å²) in [5.41, 5.74) is 0.547. The van der Waals surface area contributed by atoms with Gasteiger partial charge in [0.2, 0.25) is 0 Å². The molecule has 1 N–H and O–H groups in total. The van der Waals surface area contributed by atoms with Gasteiger partial charge in [0.1, 0.15) is 5.82 Å². The molecule has 0 saturated heterocycles. The third-order valence-corrected chi connectivity index (χ3v) is 3.45. The minimum Gasteiger partial charge on any atom is -0.390 e. The second-order valence-electron chi connectivity index (χ2n) is 4.72. The van der Waals surface area contributed by atoms with Gasteiger partial charge in [-0.05, 0) is 24.8 Å². The number of halogens is 1. The van der Waals surface area contributed by atoms with Crippen LogP contribution in [0.4, 0.5) is 4.39 Å². The van der Waals surface area contributed by atoms with Crippen molar-refractivity contribution in [3.8, 4) is 0 Å². The third-order valence-electron chi connectivity index (χ3n) is 3.45. The fraction of sp³-hybridized carbons (Fsp3) is 0.571. The van der Waals surface area contributed by atoms with Crippen LogP contribution in [0.15, 0.2) is 24.3 Å². The Balaban J connectivity index is 1.74. The normalized spacial score (nSPS) is 18.5. The Morgan fingerprint density at radius 2 is 2.00 bits per heavy atom. The topological polar surface area (TPSA) is 29.5 Å². The van der Waals surface area contributed by atoms with E-state index >= 15 is 0 Å². The molecule has 1 saturated carbocycles. The van der Waals surface area contributed by atoms with E-state index in [-0.39, 0.29) is 12.4 Å². The van der Waals surface area contributed by atoms with Crippen LogP contribution in [0.5, 0.6) is 0 Å². The molecule has 0 spiro atoms. The van der Waals surface area contributed by atoms with Gasteiger partial charge in [-0.3, -0.25) is 0 Å². The van der Waals surface area contributed by atoms with E-state index in [1.807, 2.05) is 0 Å². The first-order valence-electron chi connectivity index (χ1n) is 6.26. The summed E-state index contributed by atoms with van der Waals surface area (Å²) >= 11 is 0. The zero-order valence-corrected chi connectivity index (χ0v) is 9.94. The summed E-state index contributed by atoms with van der Waals surface area (Å²) in [7, 11) is 0. The van der Waals surface area contributed by atoms with Crippen LogP contribution >= 0.6 is 0 Å². The Morgan fingerprint density at radius 1 is 1.29 bits per heavy atom. The van der Waals surface area contributed by atoms with Crippen LogP contribution in [-0.2, 0) is 11.3 Å². The average molecular weight is 238 g/mol. The molecule has 0 heterocycles. The highest BCUT2D eigenvalue weighted by molar-refractivity contribution is 5.16. The maximum atomic E-state index is 13.3. The Bertz CT molecular complexity index is 348. The van der Waals surface area contributed by atoms with E-state index in [4.69, 9.17) is 4.74 Å². The highest BCUT2D eigenvalue weighted by atomic mass is 19.1. The first-order chi connectivity index (χ1) is 8.27. The van der Waals surface area contributed by atoms with Crippen molar-refractivity contribution >= 4 is 0 Å². The van der Waals surface area contributed by atoms with Gasteiger partial charge in [-0.15, -0.1) is 0 Å². The number of rotatable bonds is 5. The highest BCUT2D eigenvalue weighted by Gasteiger charge is 2.23. The van der Waals surface area contributed by atoms with Crippen LogP contribution in [-0.4, -0.2) is 17.8 Å². The molecule has 0 bridgehead atoms. The third kappa shape index (κ3) is 3.51.